The molecule has 0 saturated heterocycles. The standard InChI is InChI=1S/2C27H27NOP.2C10H14.4ClH.Fe.2Ru/c2*1-4-12-23(13-5-1)20-25(28-21-24-14-10-11-15-24)22-29-30(26-16-6-2-7-17-26)27-18-8-3-9-19-27;2*1-8(2)10-6-4-9(3)5-7-10;;;;;;;/h2*1-19,25,28H,20-22H2;2*4-8H,1-3H3;4*1H;;;/q2*-1;;;;;;;3*+2/p-4/t2*25-;;;;;;;;;/m00........./s1. The van der Waals surface area contributed by atoms with Crippen molar-refractivity contribution < 1.29 is 56.4 Å². The van der Waals surface area contributed by atoms with Crippen LogP contribution in [0.4, 0.5) is 0 Å². The third-order valence-electron chi connectivity index (χ3n) is 13.6. The van der Waals surface area contributed by atoms with Crippen LogP contribution >= 0.6 is 55.1 Å². The molecule has 0 amide bonds. The monoisotopic (exact) mass is 1490 g/mol. The molecule has 10 rings (SSSR count). The predicted molar refractivity (Wildman–Crippen MR) is 370 cm³/mol. The number of nitrogens with one attached hydrogen (secondary N) is 2. The van der Waals surface area contributed by atoms with Gasteiger partial charge in [0.25, 0.3) is 0 Å². The van der Waals surface area contributed by atoms with Crippen molar-refractivity contribution in [1.82, 2.24) is 10.6 Å². The number of aryl methyl sites for hydroxylation is 2. The molecule has 462 valence electrons. The number of rotatable bonds is 22. The van der Waals surface area contributed by atoms with E-state index in [-0.39, 0.29) is 59.4 Å². The number of hydrogen-bond acceptors (Lipinski definition) is 4. The third-order valence-corrected chi connectivity index (χ3v) is 17.4. The largest absolute Gasteiger partial charge is 2.00 e. The average Bonchev–Trinajstić information content (AvgIpc) is 4.45. The van der Waals surface area contributed by atoms with Crippen LogP contribution in [0.15, 0.2) is 267 Å². The van der Waals surface area contributed by atoms with Crippen molar-refractivity contribution in [1.29, 1.82) is 0 Å². The summed E-state index contributed by atoms with van der Waals surface area (Å²) < 4.78 is 13.2. The molecule has 4 nitrogen and oxygen atoms in total. The van der Waals surface area contributed by atoms with Gasteiger partial charge < -0.3 is 19.7 Å². The Hall–Kier alpha value is -3.65. The number of halogens is 4. The van der Waals surface area contributed by atoms with Gasteiger partial charge in [-0.3, -0.25) is 0 Å². The molecule has 1 aliphatic rings. The molecule has 2 N–H and O–H groups in total. The summed E-state index contributed by atoms with van der Waals surface area (Å²) >= 11 is -0.691. The van der Waals surface area contributed by atoms with Crippen LogP contribution in [-0.4, -0.2) is 31.8 Å². The van der Waals surface area contributed by atoms with Crippen molar-refractivity contribution in [3.8, 4) is 0 Å². The molecule has 2 radical (unpaired) electrons. The molecule has 0 unspecified atom stereocenters. The number of hydrogen-bond donors (Lipinski definition) is 2. The van der Waals surface area contributed by atoms with Gasteiger partial charge >= 0.3 is 86.1 Å². The van der Waals surface area contributed by atoms with E-state index in [4.69, 9.17) is 47.8 Å². The van der Waals surface area contributed by atoms with Gasteiger partial charge in [0.1, 0.15) is 0 Å². The van der Waals surface area contributed by atoms with E-state index in [2.05, 4.69) is 332 Å². The Morgan fingerprint density at radius 2 is 0.805 bits per heavy atom. The zero-order valence-corrected chi connectivity index (χ0v) is 59.8. The molecular formula is C74H82Cl4FeN2O2P2Ru2. The van der Waals surface area contributed by atoms with Crippen LogP contribution in [0.25, 0.3) is 0 Å². The van der Waals surface area contributed by atoms with Crippen molar-refractivity contribution >= 4 is 76.3 Å². The predicted octanol–water partition coefficient (Wildman–Crippen LogP) is 19.0. The van der Waals surface area contributed by atoms with Gasteiger partial charge in [0.2, 0.25) is 0 Å². The fourth-order valence-corrected chi connectivity index (χ4v) is 12.5. The van der Waals surface area contributed by atoms with Crippen LogP contribution in [0.1, 0.15) is 78.5 Å². The normalized spacial score (nSPS) is 12.0. The fourth-order valence-electron chi connectivity index (χ4n) is 8.85. The molecule has 87 heavy (non-hydrogen) atoms. The minimum atomic E-state index is -0.854. The third kappa shape index (κ3) is 31.3. The summed E-state index contributed by atoms with van der Waals surface area (Å²) in [5, 5.41) is 12.4. The van der Waals surface area contributed by atoms with Gasteiger partial charge in [0.05, 0.1) is 29.5 Å². The fraction of sp³-hybridized carbons (Fsp3) is 0.216. The molecule has 0 aromatic heterocycles. The first-order valence-electron chi connectivity index (χ1n) is 28.9. The first-order valence-corrected chi connectivity index (χ1v) is 40.3. The van der Waals surface area contributed by atoms with E-state index in [1.165, 1.54) is 66.1 Å². The van der Waals surface area contributed by atoms with Gasteiger partial charge in [0.15, 0.2) is 0 Å². The number of benzene rings is 8. The summed E-state index contributed by atoms with van der Waals surface area (Å²) in [4.78, 5) is 0. The van der Waals surface area contributed by atoms with Crippen LogP contribution < -0.4 is 31.9 Å². The van der Waals surface area contributed by atoms with Gasteiger partial charge in [-0.05, 0) is 73.9 Å². The zero-order chi connectivity index (χ0) is 61.4. The first-order chi connectivity index (χ1) is 42.0. The van der Waals surface area contributed by atoms with E-state index in [0.29, 0.717) is 25.0 Å². The molecule has 9 aromatic carbocycles. The Morgan fingerprint density at radius 3 is 1.11 bits per heavy atom. The molecule has 0 saturated carbocycles. The van der Waals surface area contributed by atoms with Crippen molar-refractivity contribution in [2.45, 2.75) is 84.8 Å². The minimum absolute atomic E-state index is 0. The summed E-state index contributed by atoms with van der Waals surface area (Å²) in [6.07, 6.45) is 10.4. The average molecular weight is 1490 g/mol. The summed E-state index contributed by atoms with van der Waals surface area (Å²) in [6, 6.07) is 90.0. The Labute approximate surface area is 567 Å². The van der Waals surface area contributed by atoms with E-state index in [9.17, 15) is 0 Å². The van der Waals surface area contributed by atoms with Gasteiger partial charge in [0, 0.05) is 33.3 Å². The van der Waals surface area contributed by atoms with Gasteiger partial charge in [-0.25, -0.2) is 30.2 Å². The van der Waals surface area contributed by atoms with E-state index >= 15 is 0 Å². The van der Waals surface area contributed by atoms with Gasteiger partial charge in [-0.15, -0.1) is 12.8 Å². The topological polar surface area (TPSA) is 42.5 Å². The summed E-state index contributed by atoms with van der Waals surface area (Å²) in [5.41, 5.74) is 9.47. The van der Waals surface area contributed by atoms with Gasteiger partial charge in [-0.1, -0.05) is 269 Å². The second-order valence-corrected chi connectivity index (χ2v) is 29.9. The quantitative estimate of drug-likeness (QED) is 0.0403. The maximum atomic E-state index is 6.62. The van der Waals surface area contributed by atoms with E-state index in [1.54, 1.807) is 0 Å². The van der Waals surface area contributed by atoms with Crippen LogP contribution in [-0.2, 0) is 75.8 Å². The Kier molecular flexibility index (Phi) is 40.4. The summed E-state index contributed by atoms with van der Waals surface area (Å²) in [7, 11) is 17.7. The van der Waals surface area contributed by atoms with Crippen molar-refractivity contribution in [2.75, 3.05) is 19.8 Å². The van der Waals surface area contributed by atoms with Crippen LogP contribution in [0, 0.1) is 32.6 Å². The molecule has 0 fully saturated rings. The Balaban J connectivity index is 0.000000264. The smallest absolute Gasteiger partial charge is 0.348 e. The van der Waals surface area contributed by atoms with E-state index < -0.39 is 16.3 Å². The molecule has 0 aliphatic heterocycles. The molecule has 2 atom stereocenters. The molecule has 0 bridgehead atoms. The molecule has 9 aromatic rings. The zero-order valence-electron chi connectivity index (χ0n) is 50.4. The van der Waals surface area contributed by atoms with Gasteiger partial charge in [-0.2, -0.15) is 17.7 Å². The van der Waals surface area contributed by atoms with Crippen molar-refractivity contribution in [2.24, 2.45) is 0 Å². The molecular weight excluding hydrogens is 1410 g/mol. The maximum Gasteiger partial charge on any atom is 2.00 e. The van der Waals surface area contributed by atoms with Crippen LogP contribution in [0.2, 0.25) is 0 Å². The van der Waals surface area contributed by atoms with E-state index in [0.717, 1.165) is 25.9 Å². The Morgan fingerprint density at radius 1 is 0.460 bits per heavy atom. The molecule has 1 aliphatic carbocycles. The van der Waals surface area contributed by atoms with Crippen LogP contribution in [0.3, 0.4) is 0 Å². The van der Waals surface area contributed by atoms with Crippen molar-refractivity contribution in [3.63, 3.8) is 0 Å². The second kappa shape index (κ2) is 46.4. The van der Waals surface area contributed by atoms with E-state index in [1.807, 2.05) is 0 Å². The summed E-state index contributed by atoms with van der Waals surface area (Å²) in [6.45, 7) is 16.1. The van der Waals surface area contributed by atoms with Crippen LogP contribution in [0.5, 0.6) is 0 Å². The maximum absolute atomic E-state index is 6.62. The Bertz CT molecular complexity index is 2960. The first kappa shape index (κ1) is 75.8. The minimum Gasteiger partial charge on any atom is -0.348 e. The molecule has 13 heteroatoms. The summed E-state index contributed by atoms with van der Waals surface area (Å²) in [5.74, 6) is 2.61. The van der Waals surface area contributed by atoms with Crippen molar-refractivity contribution in [3.05, 3.63) is 325 Å². The SMILES string of the molecule is Cc1ccc(C(C)C)cc1.Cc1ccc(C(C)C)cc1.[CH]1[CH][C-](CN[C@H](COP(c2ccccc2)c2ccccc2)Cc2ccccc2)C=C1.[Cl][Ru][Cl].[Cl][Ru][Cl].[Fe+2].c1ccc(C[C@@H](COP(c2ccccc2)c2ccccc2)NCc2ccc[cH-]2)cc1. The molecule has 0 heterocycles. The second-order valence-electron chi connectivity index (χ2n) is 20.9. The number of allylic oxidation sites excluding steroid dienone is 1. The molecule has 0 spiro atoms.